The van der Waals surface area contributed by atoms with Crippen LogP contribution in [0.2, 0.25) is 0 Å². The lowest BCUT2D eigenvalue weighted by atomic mass is 10.1. The fraction of sp³-hybridized carbons (Fsp3) is 0.533. The summed E-state index contributed by atoms with van der Waals surface area (Å²) in [6, 6.07) is 7.08. The molecular formula is C15H21BrO3. The Morgan fingerprint density at radius 2 is 1.95 bits per heavy atom. The number of hydrogen-bond donors (Lipinski definition) is 0. The lowest BCUT2D eigenvalue weighted by molar-refractivity contribution is 0.0526. The number of benzene rings is 1. The summed E-state index contributed by atoms with van der Waals surface area (Å²) in [6.45, 7) is 5.05. The van der Waals surface area contributed by atoms with Gasteiger partial charge in [-0.05, 0) is 37.6 Å². The molecule has 0 aromatic heterocycles. The van der Waals surface area contributed by atoms with Gasteiger partial charge in [-0.25, -0.2) is 4.79 Å². The molecule has 0 radical (unpaired) electrons. The highest BCUT2D eigenvalue weighted by Crippen LogP contribution is 2.16. The van der Waals surface area contributed by atoms with Crippen LogP contribution in [0.4, 0.5) is 0 Å². The highest BCUT2D eigenvalue weighted by atomic mass is 79.9. The predicted molar refractivity (Wildman–Crippen MR) is 80.1 cm³/mol. The van der Waals surface area contributed by atoms with Crippen LogP contribution in [0.3, 0.4) is 0 Å². The maximum atomic E-state index is 11.5. The largest absolute Gasteiger partial charge is 0.493 e. The van der Waals surface area contributed by atoms with E-state index in [-0.39, 0.29) is 5.97 Å². The fourth-order valence-corrected chi connectivity index (χ4v) is 2.24. The van der Waals surface area contributed by atoms with Gasteiger partial charge < -0.3 is 9.47 Å². The zero-order valence-corrected chi connectivity index (χ0v) is 13.1. The average molecular weight is 329 g/mol. The van der Waals surface area contributed by atoms with Gasteiger partial charge in [0.05, 0.1) is 18.8 Å². The van der Waals surface area contributed by atoms with Crippen LogP contribution < -0.4 is 4.74 Å². The van der Waals surface area contributed by atoms with Crippen molar-refractivity contribution in [1.82, 2.24) is 0 Å². The second-order valence-electron chi connectivity index (χ2n) is 4.36. The molecule has 0 aliphatic carbocycles. The number of esters is 1. The quantitative estimate of drug-likeness (QED) is 0.533. The number of carbonyl (C=O) groups is 1. The van der Waals surface area contributed by atoms with Crippen LogP contribution in [-0.2, 0) is 4.74 Å². The number of hydrogen-bond acceptors (Lipinski definition) is 3. The zero-order valence-electron chi connectivity index (χ0n) is 11.5. The molecule has 0 fully saturated rings. The zero-order chi connectivity index (χ0) is 14.1. The summed E-state index contributed by atoms with van der Waals surface area (Å²) in [4.78, 5) is 11.5. The molecule has 0 aliphatic rings. The second kappa shape index (κ2) is 8.97. The summed E-state index contributed by atoms with van der Waals surface area (Å²) in [5.74, 6) is 1.02. The summed E-state index contributed by atoms with van der Waals surface area (Å²) >= 11 is 3.50. The molecule has 1 atom stereocenters. The third-order valence-corrected chi connectivity index (χ3v) is 3.68. The molecule has 1 aromatic rings. The molecular weight excluding hydrogens is 308 g/mol. The summed E-state index contributed by atoms with van der Waals surface area (Å²) in [7, 11) is 0. The van der Waals surface area contributed by atoms with Gasteiger partial charge in [-0.2, -0.15) is 0 Å². The SMILES string of the molecule is CCCC(CBr)COc1ccc(C(=O)OCC)cc1. The van der Waals surface area contributed by atoms with Crippen molar-refractivity contribution in [3.8, 4) is 5.75 Å². The molecule has 0 amide bonds. The van der Waals surface area contributed by atoms with Crippen LogP contribution in [0.5, 0.6) is 5.75 Å². The average Bonchev–Trinajstić information content (AvgIpc) is 2.44. The lowest BCUT2D eigenvalue weighted by Gasteiger charge is -2.14. The van der Waals surface area contributed by atoms with Crippen LogP contribution in [0.15, 0.2) is 24.3 Å². The Balaban J connectivity index is 2.50. The summed E-state index contributed by atoms with van der Waals surface area (Å²) in [6.07, 6.45) is 2.30. The molecule has 106 valence electrons. The Labute approximate surface area is 123 Å². The normalized spacial score (nSPS) is 11.9. The first-order valence-corrected chi connectivity index (χ1v) is 7.79. The number of ether oxygens (including phenoxy) is 2. The number of halogens is 1. The molecule has 0 saturated carbocycles. The standard InChI is InChI=1S/C15H21BrO3/c1-3-5-12(10-16)11-19-14-8-6-13(7-9-14)15(17)18-4-2/h6-9,12H,3-5,10-11H2,1-2H3. The van der Waals surface area contributed by atoms with Gasteiger partial charge in [0.1, 0.15) is 5.75 Å². The van der Waals surface area contributed by atoms with Gasteiger partial charge in [-0.3, -0.25) is 0 Å². The Kier molecular flexibility index (Phi) is 7.56. The third-order valence-electron chi connectivity index (χ3n) is 2.77. The number of carbonyl (C=O) groups excluding carboxylic acids is 1. The first kappa shape index (κ1) is 16.0. The van der Waals surface area contributed by atoms with Crippen molar-refractivity contribution in [3.05, 3.63) is 29.8 Å². The molecule has 0 spiro atoms. The van der Waals surface area contributed by atoms with Crippen LogP contribution in [0.1, 0.15) is 37.0 Å². The van der Waals surface area contributed by atoms with Gasteiger partial charge in [0.15, 0.2) is 0 Å². The minimum absolute atomic E-state index is 0.293. The molecule has 4 heteroatoms. The Morgan fingerprint density at radius 3 is 2.47 bits per heavy atom. The smallest absolute Gasteiger partial charge is 0.338 e. The minimum Gasteiger partial charge on any atom is -0.493 e. The van der Waals surface area contributed by atoms with Gasteiger partial charge in [-0.15, -0.1) is 0 Å². The van der Waals surface area contributed by atoms with Gasteiger partial charge in [0, 0.05) is 11.2 Å². The van der Waals surface area contributed by atoms with Crippen molar-refractivity contribution in [1.29, 1.82) is 0 Å². The van der Waals surface area contributed by atoms with Gasteiger partial charge >= 0.3 is 5.97 Å². The molecule has 1 aromatic carbocycles. The van der Waals surface area contributed by atoms with E-state index in [4.69, 9.17) is 9.47 Å². The van der Waals surface area contributed by atoms with Gasteiger partial charge in [-0.1, -0.05) is 29.3 Å². The third kappa shape index (κ3) is 5.64. The highest BCUT2D eigenvalue weighted by Gasteiger charge is 2.08. The molecule has 0 saturated heterocycles. The van der Waals surface area contributed by atoms with Crippen molar-refractivity contribution in [3.63, 3.8) is 0 Å². The molecule has 0 heterocycles. The van der Waals surface area contributed by atoms with Crippen molar-refractivity contribution in [2.24, 2.45) is 5.92 Å². The highest BCUT2D eigenvalue weighted by molar-refractivity contribution is 9.09. The van der Waals surface area contributed by atoms with Crippen molar-refractivity contribution < 1.29 is 14.3 Å². The van der Waals surface area contributed by atoms with Crippen LogP contribution in [-0.4, -0.2) is 24.5 Å². The first-order chi connectivity index (χ1) is 9.21. The van der Waals surface area contributed by atoms with Crippen LogP contribution in [0.25, 0.3) is 0 Å². The van der Waals surface area contributed by atoms with E-state index < -0.39 is 0 Å². The molecule has 0 N–H and O–H groups in total. The van der Waals surface area contributed by atoms with Gasteiger partial charge in [0.25, 0.3) is 0 Å². The molecule has 0 bridgehead atoms. The monoisotopic (exact) mass is 328 g/mol. The predicted octanol–water partition coefficient (Wildman–Crippen LogP) is 4.05. The molecule has 19 heavy (non-hydrogen) atoms. The van der Waals surface area contributed by atoms with E-state index in [2.05, 4.69) is 22.9 Å². The number of alkyl halides is 1. The van der Waals surface area contributed by atoms with Crippen molar-refractivity contribution in [2.45, 2.75) is 26.7 Å². The minimum atomic E-state index is -0.293. The number of rotatable bonds is 8. The molecule has 1 unspecified atom stereocenters. The molecule has 1 rings (SSSR count). The van der Waals surface area contributed by atoms with E-state index in [1.54, 1.807) is 19.1 Å². The second-order valence-corrected chi connectivity index (χ2v) is 5.01. The van der Waals surface area contributed by atoms with E-state index in [0.717, 1.165) is 23.9 Å². The van der Waals surface area contributed by atoms with E-state index >= 15 is 0 Å². The van der Waals surface area contributed by atoms with Crippen molar-refractivity contribution >= 4 is 21.9 Å². The van der Waals surface area contributed by atoms with E-state index in [0.29, 0.717) is 24.7 Å². The van der Waals surface area contributed by atoms with Gasteiger partial charge in [0.2, 0.25) is 0 Å². The summed E-state index contributed by atoms with van der Waals surface area (Å²) in [5, 5.41) is 0.946. The fourth-order valence-electron chi connectivity index (χ4n) is 1.73. The summed E-state index contributed by atoms with van der Waals surface area (Å²) in [5.41, 5.74) is 0.555. The van der Waals surface area contributed by atoms with E-state index in [9.17, 15) is 4.79 Å². The van der Waals surface area contributed by atoms with E-state index in [1.165, 1.54) is 0 Å². The first-order valence-electron chi connectivity index (χ1n) is 6.67. The van der Waals surface area contributed by atoms with E-state index in [1.807, 2.05) is 12.1 Å². The van der Waals surface area contributed by atoms with Crippen molar-refractivity contribution in [2.75, 3.05) is 18.5 Å². The molecule has 3 nitrogen and oxygen atoms in total. The molecule has 0 aliphatic heterocycles. The maximum absolute atomic E-state index is 11.5. The van der Waals surface area contributed by atoms with Crippen LogP contribution in [0, 0.1) is 5.92 Å². The Bertz CT molecular complexity index is 375. The lowest BCUT2D eigenvalue weighted by Crippen LogP contribution is -2.13. The Morgan fingerprint density at radius 1 is 1.26 bits per heavy atom. The van der Waals surface area contributed by atoms with Crippen LogP contribution >= 0.6 is 15.9 Å². The maximum Gasteiger partial charge on any atom is 0.338 e. The topological polar surface area (TPSA) is 35.5 Å². The summed E-state index contributed by atoms with van der Waals surface area (Å²) < 4.78 is 10.7. The Hall–Kier alpha value is -1.03.